The lowest BCUT2D eigenvalue weighted by Gasteiger charge is -2.24. The van der Waals surface area contributed by atoms with Crippen molar-refractivity contribution < 1.29 is 31.2 Å². The quantitative estimate of drug-likeness (QED) is 0.242. The Morgan fingerprint density at radius 3 is 2.12 bits per heavy atom. The fourth-order valence-corrected chi connectivity index (χ4v) is 5.21. The lowest BCUT2D eigenvalue weighted by molar-refractivity contribution is -0.138. The summed E-state index contributed by atoms with van der Waals surface area (Å²) in [7, 11) is -1.84. The van der Waals surface area contributed by atoms with Crippen LogP contribution in [0.25, 0.3) is 0 Å². The van der Waals surface area contributed by atoms with Crippen LogP contribution in [0.5, 0.6) is 0 Å². The normalized spacial score (nSPS) is 12.0. The molecule has 1 rings (SSSR count). The van der Waals surface area contributed by atoms with Crippen molar-refractivity contribution in [1.29, 1.82) is 0 Å². The van der Waals surface area contributed by atoms with Gasteiger partial charge in [-0.1, -0.05) is 24.3 Å². The van der Waals surface area contributed by atoms with E-state index >= 15 is 0 Å². The number of carbonyl (C=O) groups excluding carboxylic acids is 1. The number of esters is 1. The average molecular weight is 403 g/mol. The van der Waals surface area contributed by atoms with Gasteiger partial charge in [-0.05, 0) is 25.5 Å². The molecule has 0 N–H and O–H groups in total. The molecule has 0 heterocycles. The van der Waals surface area contributed by atoms with Gasteiger partial charge in [0.2, 0.25) is 0 Å². The van der Waals surface area contributed by atoms with Crippen molar-refractivity contribution >= 4 is 24.6 Å². The van der Waals surface area contributed by atoms with Gasteiger partial charge < -0.3 is 18.0 Å². The number of rotatable bonds is 11. The molecular weight excluding hydrogens is 376 g/mol. The van der Waals surface area contributed by atoms with Crippen LogP contribution in [0.2, 0.25) is 6.04 Å². The largest absolute Gasteiger partial charge is 0.500 e. The monoisotopic (exact) mass is 402 g/mol. The summed E-state index contributed by atoms with van der Waals surface area (Å²) in [5.41, 5.74) is 0.837. The highest BCUT2D eigenvalue weighted by Crippen LogP contribution is 2.17. The van der Waals surface area contributed by atoms with Crippen molar-refractivity contribution in [3.8, 4) is 0 Å². The van der Waals surface area contributed by atoms with Crippen molar-refractivity contribution in [2.45, 2.75) is 24.3 Å². The van der Waals surface area contributed by atoms with Gasteiger partial charge in [0, 0.05) is 32.9 Å². The minimum atomic E-state index is -3.64. The number of sulfone groups is 1. The maximum atomic E-state index is 12.3. The Bertz CT molecular complexity index is 701. The number of ether oxygens (including phenoxy) is 1. The Balaban J connectivity index is 2.53. The van der Waals surface area contributed by atoms with Crippen LogP contribution in [0.4, 0.5) is 0 Å². The highest BCUT2D eigenvalue weighted by molar-refractivity contribution is 7.91. The maximum absolute atomic E-state index is 12.3. The molecule has 0 aliphatic rings. The van der Waals surface area contributed by atoms with Crippen molar-refractivity contribution in [1.82, 2.24) is 0 Å². The van der Waals surface area contributed by atoms with Crippen LogP contribution in [0.15, 0.2) is 41.3 Å². The third-order valence-corrected chi connectivity index (χ3v) is 8.38. The van der Waals surface area contributed by atoms with Gasteiger partial charge in [-0.2, -0.15) is 0 Å². The molecule has 0 amide bonds. The lowest BCUT2D eigenvalue weighted by Crippen LogP contribution is -2.42. The molecule has 1 aromatic carbocycles. The molecule has 146 valence electrons. The van der Waals surface area contributed by atoms with E-state index in [1.54, 1.807) is 12.1 Å². The summed E-state index contributed by atoms with van der Waals surface area (Å²) in [5.74, 6) is -1.22. The van der Waals surface area contributed by atoms with Crippen molar-refractivity contribution in [2.75, 3.05) is 33.7 Å². The summed E-state index contributed by atoms with van der Waals surface area (Å²) in [4.78, 5) is 12.1. The lowest BCUT2D eigenvalue weighted by atomic mass is 10.2. The molecule has 0 unspecified atom stereocenters. The van der Waals surface area contributed by atoms with Crippen LogP contribution in [0, 0.1) is 6.92 Å². The highest BCUT2D eigenvalue weighted by Gasteiger charge is 2.37. The van der Waals surface area contributed by atoms with Gasteiger partial charge in [0.05, 0.1) is 17.3 Å². The first-order valence-electron chi connectivity index (χ1n) is 7.99. The van der Waals surface area contributed by atoms with Crippen LogP contribution < -0.4 is 0 Å². The second-order valence-corrected chi connectivity index (χ2v) is 10.8. The Morgan fingerprint density at radius 2 is 1.62 bits per heavy atom. The minimum absolute atomic E-state index is 0.0905. The molecule has 0 aliphatic carbocycles. The van der Waals surface area contributed by atoms with Crippen LogP contribution >= 0.6 is 0 Å². The molecular formula is C17H26O7SSi. The molecule has 1 aromatic rings. The second-order valence-electron chi connectivity index (χ2n) is 5.71. The van der Waals surface area contributed by atoms with Gasteiger partial charge in [0.15, 0.2) is 9.84 Å². The van der Waals surface area contributed by atoms with Crippen LogP contribution in [0.1, 0.15) is 12.0 Å². The average Bonchev–Trinajstić information content (AvgIpc) is 2.62. The zero-order chi connectivity index (χ0) is 19.8. The molecule has 0 atom stereocenters. The van der Waals surface area contributed by atoms with Crippen LogP contribution in [0.3, 0.4) is 0 Å². The molecule has 0 aromatic heterocycles. The number of carbonyl (C=O) groups is 1. The summed E-state index contributed by atoms with van der Waals surface area (Å²) >= 11 is 0. The zero-order valence-electron chi connectivity index (χ0n) is 15.6. The van der Waals surface area contributed by atoms with Gasteiger partial charge in [-0.25, -0.2) is 13.2 Å². The highest BCUT2D eigenvalue weighted by atomic mass is 32.2. The Hall–Kier alpha value is -1.52. The van der Waals surface area contributed by atoms with E-state index in [0.717, 1.165) is 5.56 Å². The molecule has 7 nitrogen and oxygen atoms in total. The molecule has 0 saturated carbocycles. The van der Waals surface area contributed by atoms with Gasteiger partial charge in [-0.3, -0.25) is 0 Å². The van der Waals surface area contributed by atoms with Crippen molar-refractivity contribution in [3.05, 3.63) is 42.0 Å². The molecule has 0 spiro atoms. The Kier molecular flexibility index (Phi) is 8.64. The van der Waals surface area contributed by atoms with Crippen molar-refractivity contribution in [2.24, 2.45) is 0 Å². The van der Waals surface area contributed by atoms with E-state index in [2.05, 4.69) is 6.58 Å². The topological polar surface area (TPSA) is 88.1 Å². The van der Waals surface area contributed by atoms with E-state index in [1.807, 2.05) is 6.92 Å². The standard InChI is InChI=1S/C17H26O7SSi/c1-14-7-9-16(10-8-14)25(19,20)13-15(2)17(18)24-11-6-12-26(21-3,22-4)23-5/h7-10H,2,6,11-13H2,1,3-5H3. The molecule has 0 saturated heterocycles. The fraction of sp³-hybridized carbons (Fsp3) is 0.471. The Morgan fingerprint density at radius 1 is 1.08 bits per heavy atom. The Labute approximate surface area is 156 Å². The molecule has 0 radical (unpaired) electrons. The number of aryl methyl sites for hydroxylation is 1. The minimum Gasteiger partial charge on any atom is -0.462 e. The fourth-order valence-electron chi connectivity index (χ4n) is 2.23. The second kappa shape index (κ2) is 9.98. The molecule has 0 fully saturated rings. The first-order chi connectivity index (χ1) is 12.2. The number of hydrogen-bond acceptors (Lipinski definition) is 7. The van der Waals surface area contributed by atoms with Crippen LogP contribution in [-0.4, -0.2) is 56.9 Å². The van der Waals surface area contributed by atoms with Gasteiger partial charge in [0.25, 0.3) is 0 Å². The van der Waals surface area contributed by atoms with E-state index in [9.17, 15) is 13.2 Å². The van der Waals surface area contributed by atoms with E-state index < -0.39 is 30.4 Å². The SMILES string of the molecule is C=C(CS(=O)(=O)c1ccc(C)cc1)C(=O)OCCC[Si](OC)(OC)OC. The van der Waals surface area contributed by atoms with E-state index in [4.69, 9.17) is 18.0 Å². The summed E-state index contributed by atoms with van der Waals surface area (Å²) in [6.07, 6.45) is 0.464. The summed E-state index contributed by atoms with van der Waals surface area (Å²) in [6, 6.07) is 6.89. The summed E-state index contributed by atoms with van der Waals surface area (Å²) in [6.45, 7) is 5.49. The summed E-state index contributed by atoms with van der Waals surface area (Å²) in [5, 5.41) is 0. The van der Waals surface area contributed by atoms with Crippen molar-refractivity contribution in [3.63, 3.8) is 0 Å². The van der Waals surface area contributed by atoms with Gasteiger partial charge in [0.1, 0.15) is 0 Å². The number of benzene rings is 1. The molecule has 0 bridgehead atoms. The van der Waals surface area contributed by atoms with Gasteiger partial charge in [-0.15, -0.1) is 0 Å². The number of hydrogen-bond donors (Lipinski definition) is 0. The smallest absolute Gasteiger partial charge is 0.462 e. The summed E-state index contributed by atoms with van der Waals surface area (Å²) < 4.78 is 45.5. The molecule has 26 heavy (non-hydrogen) atoms. The van der Waals surface area contributed by atoms with E-state index in [0.29, 0.717) is 12.5 Å². The van der Waals surface area contributed by atoms with E-state index in [-0.39, 0.29) is 17.1 Å². The third kappa shape index (κ3) is 6.33. The molecule has 9 heteroatoms. The van der Waals surface area contributed by atoms with Crippen LogP contribution in [-0.2, 0) is 32.6 Å². The van der Waals surface area contributed by atoms with Gasteiger partial charge >= 0.3 is 14.8 Å². The first-order valence-corrected chi connectivity index (χ1v) is 11.6. The predicted octanol–water partition coefficient (Wildman–Crippen LogP) is 2.14. The zero-order valence-corrected chi connectivity index (χ0v) is 17.4. The molecule has 0 aliphatic heterocycles. The third-order valence-electron chi connectivity index (χ3n) is 3.83. The first kappa shape index (κ1) is 22.5. The van der Waals surface area contributed by atoms with E-state index in [1.165, 1.54) is 33.5 Å². The maximum Gasteiger partial charge on any atom is 0.500 e. The predicted molar refractivity (Wildman–Crippen MR) is 99.5 cm³/mol.